The van der Waals surface area contributed by atoms with Gasteiger partial charge in [-0.25, -0.2) is 4.98 Å². The zero-order valence-corrected chi connectivity index (χ0v) is 12.1. The number of nitrogens with two attached hydrogens (primary N) is 1. The molecule has 2 atom stereocenters. The van der Waals surface area contributed by atoms with Gasteiger partial charge >= 0.3 is 0 Å². The summed E-state index contributed by atoms with van der Waals surface area (Å²) in [6, 6.07) is 1.79. The zero-order chi connectivity index (χ0) is 13.4. The second kappa shape index (κ2) is 5.25. The minimum Gasteiger partial charge on any atom is -0.330 e. The van der Waals surface area contributed by atoms with E-state index in [9.17, 15) is 0 Å². The first kappa shape index (κ1) is 13.1. The van der Waals surface area contributed by atoms with Crippen LogP contribution in [0.5, 0.6) is 0 Å². The summed E-state index contributed by atoms with van der Waals surface area (Å²) >= 11 is 0. The number of likely N-dealkylation sites (tertiary alicyclic amines) is 1. The summed E-state index contributed by atoms with van der Waals surface area (Å²) in [4.78, 5) is 6.98. The standard InChI is InChI=1S/C15H26N4/c1-11(2)18-8-4-3-5-13(16)15(18)14-9-17-10-19(14)12-6-7-12/h9-13,15H,3-8,16H2,1-2H3. The summed E-state index contributed by atoms with van der Waals surface area (Å²) in [5, 5.41) is 0. The quantitative estimate of drug-likeness (QED) is 0.910. The SMILES string of the molecule is CC(C)N1CCCCC(N)C1c1cncn1C1CC1. The van der Waals surface area contributed by atoms with Gasteiger partial charge in [0.05, 0.1) is 18.1 Å². The molecule has 1 aliphatic carbocycles. The van der Waals surface area contributed by atoms with Crippen LogP contribution in [0.2, 0.25) is 0 Å². The molecule has 0 bridgehead atoms. The lowest BCUT2D eigenvalue weighted by atomic mass is 10.00. The smallest absolute Gasteiger partial charge is 0.0951 e. The maximum Gasteiger partial charge on any atom is 0.0951 e. The topological polar surface area (TPSA) is 47.1 Å². The highest BCUT2D eigenvalue weighted by atomic mass is 15.2. The molecule has 19 heavy (non-hydrogen) atoms. The minimum atomic E-state index is 0.235. The van der Waals surface area contributed by atoms with Crippen molar-refractivity contribution in [2.75, 3.05) is 6.54 Å². The van der Waals surface area contributed by atoms with Gasteiger partial charge in [-0.1, -0.05) is 6.42 Å². The molecule has 106 valence electrons. The van der Waals surface area contributed by atoms with Gasteiger partial charge in [-0.2, -0.15) is 0 Å². The van der Waals surface area contributed by atoms with Crippen molar-refractivity contribution in [3.05, 3.63) is 18.2 Å². The lowest BCUT2D eigenvalue weighted by molar-refractivity contribution is 0.137. The maximum atomic E-state index is 6.51. The first-order valence-corrected chi connectivity index (χ1v) is 7.71. The number of hydrogen-bond donors (Lipinski definition) is 1. The molecule has 2 heterocycles. The van der Waals surface area contributed by atoms with Gasteiger partial charge in [0.25, 0.3) is 0 Å². The molecule has 3 rings (SSSR count). The Morgan fingerprint density at radius 1 is 1.26 bits per heavy atom. The van der Waals surface area contributed by atoms with Crippen LogP contribution in [0, 0.1) is 0 Å². The molecule has 0 amide bonds. The van der Waals surface area contributed by atoms with E-state index in [1.807, 2.05) is 12.5 Å². The number of hydrogen-bond acceptors (Lipinski definition) is 3. The molecule has 2 aliphatic rings. The molecule has 0 radical (unpaired) electrons. The van der Waals surface area contributed by atoms with Gasteiger partial charge in [-0.15, -0.1) is 0 Å². The molecule has 1 aromatic rings. The Balaban J connectivity index is 1.94. The van der Waals surface area contributed by atoms with Gasteiger partial charge in [-0.3, -0.25) is 4.90 Å². The molecular weight excluding hydrogens is 236 g/mol. The van der Waals surface area contributed by atoms with E-state index in [2.05, 4.69) is 28.3 Å². The highest BCUT2D eigenvalue weighted by Gasteiger charge is 2.35. The summed E-state index contributed by atoms with van der Waals surface area (Å²) in [7, 11) is 0. The van der Waals surface area contributed by atoms with E-state index in [4.69, 9.17) is 5.73 Å². The lowest BCUT2D eigenvalue weighted by Crippen LogP contribution is -2.44. The summed E-state index contributed by atoms with van der Waals surface area (Å²) < 4.78 is 2.38. The summed E-state index contributed by atoms with van der Waals surface area (Å²) in [6.45, 7) is 5.72. The minimum absolute atomic E-state index is 0.235. The zero-order valence-electron chi connectivity index (χ0n) is 12.1. The second-order valence-corrected chi connectivity index (χ2v) is 6.39. The average Bonchev–Trinajstić information content (AvgIpc) is 3.14. The molecule has 0 aromatic carbocycles. The second-order valence-electron chi connectivity index (χ2n) is 6.39. The van der Waals surface area contributed by atoms with Crippen LogP contribution in [0.1, 0.15) is 63.7 Å². The third-order valence-electron chi connectivity index (χ3n) is 4.57. The van der Waals surface area contributed by atoms with Crippen molar-refractivity contribution in [3.8, 4) is 0 Å². The van der Waals surface area contributed by atoms with Gasteiger partial charge in [-0.05, 0) is 46.1 Å². The van der Waals surface area contributed by atoms with Crippen LogP contribution in [-0.2, 0) is 0 Å². The largest absolute Gasteiger partial charge is 0.330 e. The highest BCUT2D eigenvalue weighted by Crippen LogP contribution is 2.39. The first-order valence-electron chi connectivity index (χ1n) is 7.71. The Kier molecular flexibility index (Phi) is 3.63. The Bertz CT molecular complexity index is 422. The summed E-state index contributed by atoms with van der Waals surface area (Å²) in [5.74, 6) is 0. The van der Waals surface area contributed by atoms with E-state index in [0.29, 0.717) is 18.1 Å². The van der Waals surface area contributed by atoms with Gasteiger partial charge in [0.2, 0.25) is 0 Å². The Morgan fingerprint density at radius 2 is 2.05 bits per heavy atom. The molecule has 1 saturated heterocycles. The van der Waals surface area contributed by atoms with E-state index in [-0.39, 0.29) is 6.04 Å². The van der Waals surface area contributed by atoms with E-state index < -0.39 is 0 Å². The monoisotopic (exact) mass is 262 g/mol. The molecular formula is C15H26N4. The van der Waals surface area contributed by atoms with Crippen molar-refractivity contribution in [2.24, 2.45) is 5.73 Å². The number of aromatic nitrogens is 2. The fraction of sp³-hybridized carbons (Fsp3) is 0.800. The van der Waals surface area contributed by atoms with Crippen molar-refractivity contribution in [3.63, 3.8) is 0 Å². The van der Waals surface area contributed by atoms with Crippen LogP contribution in [0.3, 0.4) is 0 Å². The molecule has 2 N–H and O–H groups in total. The van der Waals surface area contributed by atoms with Crippen LogP contribution >= 0.6 is 0 Å². The third kappa shape index (κ3) is 2.56. The summed E-state index contributed by atoms with van der Waals surface area (Å²) in [5.41, 5.74) is 7.84. The first-order chi connectivity index (χ1) is 9.18. The van der Waals surface area contributed by atoms with Crippen molar-refractivity contribution in [1.29, 1.82) is 0 Å². The van der Waals surface area contributed by atoms with Crippen LogP contribution in [-0.4, -0.2) is 33.1 Å². The Morgan fingerprint density at radius 3 is 2.74 bits per heavy atom. The third-order valence-corrected chi connectivity index (χ3v) is 4.57. The predicted octanol–water partition coefficient (Wildman–Crippen LogP) is 2.48. The molecule has 1 aromatic heterocycles. The van der Waals surface area contributed by atoms with Crippen LogP contribution < -0.4 is 5.73 Å². The maximum absolute atomic E-state index is 6.51. The van der Waals surface area contributed by atoms with Gasteiger partial charge in [0, 0.05) is 24.3 Å². The van der Waals surface area contributed by atoms with Gasteiger partial charge in [0.1, 0.15) is 0 Å². The molecule has 2 fully saturated rings. The molecule has 1 aliphatic heterocycles. The molecule has 4 heteroatoms. The van der Waals surface area contributed by atoms with Gasteiger partial charge in [0.15, 0.2) is 0 Å². The van der Waals surface area contributed by atoms with Crippen LogP contribution in [0.4, 0.5) is 0 Å². The molecule has 1 saturated carbocycles. The Labute approximate surface area is 116 Å². The fourth-order valence-corrected chi connectivity index (χ4v) is 3.39. The van der Waals surface area contributed by atoms with Crippen LogP contribution in [0.15, 0.2) is 12.5 Å². The molecule has 0 spiro atoms. The normalized spacial score (nSPS) is 29.7. The number of rotatable bonds is 3. The van der Waals surface area contributed by atoms with Crippen molar-refractivity contribution < 1.29 is 0 Å². The predicted molar refractivity (Wildman–Crippen MR) is 76.9 cm³/mol. The highest BCUT2D eigenvalue weighted by molar-refractivity contribution is 5.13. The Hall–Kier alpha value is -0.870. The summed E-state index contributed by atoms with van der Waals surface area (Å²) in [6.07, 6.45) is 10.3. The molecule has 2 unspecified atom stereocenters. The lowest BCUT2D eigenvalue weighted by Gasteiger charge is -2.36. The average molecular weight is 262 g/mol. The van der Waals surface area contributed by atoms with Crippen molar-refractivity contribution >= 4 is 0 Å². The fourth-order valence-electron chi connectivity index (χ4n) is 3.39. The van der Waals surface area contributed by atoms with Crippen LogP contribution in [0.25, 0.3) is 0 Å². The van der Waals surface area contributed by atoms with E-state index >= 15 is 0 Å². The van der Waals surface area contributed by atoms with Crippen molar-refractivity contribution in [1.82, 2.24) is 14.5 Å². The number of imidazole rings is 1. The van der Waals surface area contributed by atoms with Crippen molar-refractivity contribution in [2.45, 2.75) is 70.1 Å². The van der Waals surface area contributed by atoms with E-state index in [1.54, 1.807) is 0 Å². The van der Waals surface area contributed by atoms with E-state index in [1.165, 1.54) is 31.4 Å². The van der Waals surface area contributed by atoms with Gasteiger partial charge < -0.3 is 10.3 Å². The van der Waals surface area contributed by atoms with E-state index in [0.717, 1.165) is 13.0 Å². The molecule has 4 nitrogen and oxygen atoms in total. The number of nitrogens with zero attached hydrogens (tertiary/aromatic N) is 3.